The molecule has 9 heteroatoms. The fourth-order valence-corrected chi connectivity index (χ4v) is 5.19. The van der Waals surface area contributed by atoms with Gasteiger partial charge in [0.25, 0.3) is 5.91 Å². The molecule has 42 heavy (non-hydrogen) atoms. The van der Waals surface area contributed by atoms with Crippen LogP contribution in [0.1, 0.15) is 55.1 Å². The molecular weight excluding hydrogens is 548 g/mol. The second-order valence-electron chi connectivity index (χ2n) is 10.4. The molecular formula is C33H34FN2NaO5. The smallest absolute Gasteiger partial charge is 0.550 e. The fourth-order valence-electron chi connectivity index (χ4n) is 5.19. The van der Waals surface area contributed by atoms with E-state index in [1.54, 1.807) is 24.3 Å². The number of nitrogens with one attached hydrogen (secondary N) is 1. The molecule has 2 atom stereocenters. The Morgan fingerprint density at radius 2 is 1.52 bits per heavy atom. The van der Waals surface area contributed by atoms with Gasteiger partial charge in [-0.15, -0.1) is 0 Å². The van der Waals surface area contributed by atoms with E-state index in [0.717, 1.165) is 11.3 Å². The van der Waals surface area contributed by atoms with Crippen LogP contribution in [0.4, 0.5) is 10.1 Å². The van der Waals surface area contributed by atoms with Gasteiger partial charge in [-0.3, -0.25) is 4.79 Å². The maximum atomic E-state index is 14.0. The summed E-state index contributed by atoms with van der Waals surface area (Å²) in [5.74, 6) is -2.20. The molecule has 0 aliphatic heterocycles. The molecule has 4 aromatic rings. The largest absolute Gasteiger partial charge is 1.00 e. The summed E-state index contributed by atoms with van der Waals surface area (Å²) in [7, 11) is 0. The van der Waals surface area contributed by atoms with Crippen molar-refractivity contribution in [3.05, 3.63) is 102 Å². The summed E-state index contributed by atoms with van der Waals surface area (Å²) in [6.45, 7) is 4.22. The quantitative estimate of drug-likeness (QED) is 0.221. The third-order valence-electron chi connectivity index (χ3n) is 6.92. The van der Waals surface area contributed by atoms with Gasteiger partial charge in [-0.05, 0) is 66.3 Å². The number of hydrogen-bond acceptors (Lipinski definition) is 5. The van der Waals surface area contributed by atoms with Crippen molar-refractivity contribution in [3.63, 3.8) is 0 Å². The summed E-state index contributed by atoms with van der Waals surface area (Å²) in [5.41, 5.74) is 4.72. The zero-order valence-electron chi connectivity index (χ0n) is 24.1. The van der Waals surface area contributed by atoms with Crippen molar-refractivity contribution in [1.29, 1.82) is 0 Å². The summed E-state index contributed by atoms with van der Waals surface area (Å²) in [5, 5.41) is 34.6. The number of carboxylic acids is 1. The number of anilines is 1. The average Bonchev–Trinajstić information content (AvgIpc) is 3.28. The molecule has 0 spiro atoms. The van der Waals surface area contributed by atoms with E-state index in [0.29, 0.717) is 28.1 Å². The van der Waals surface area contributed by atoms with Gasteiger partial charge in [0.1, 0.15) is 5.82 Å². The van der Waals surface area contributed by atoms with Gasteiger partial charge in [0, 0.05) is 35.9 Å². The third kappa shape index (κ3) is 8.18. The minimum Gasteiger partial charge on any atom is -0.550 e. The molecule has 0 aliphatic carbocycles. The second-order valence-corrected chi connectivity index (χ2v) is 10.4. The molecule has 0 radical (unpaired) electrons. The van der Waals surface area contributed by atoms with Gasteiger partial charge in [0.15, 0.2) is 0 Å². The van der Waals surface area contributed by atoms with Gasteiger partial charge < -0.3 is 30.0 Å². The van der Waals surface area contributed by atoms with Crippen molar-refractivity contribution in [3.8, 4) is 22.4 Å². The van der Waals surface area contributed by atoms with Crippen molar-refractivity contribution in [2.75, 3.05) is 5.32 Å². The molecule has 1 heterocycles. The SMILES string of the molecule is CC(C)c1c(C(=O)Nc2ccccc2)[14c](-c2ccccc2)c(-c2ccc(F)cc2)n1CC[C@@H](O)C[C@@H](O)CC(=O)[O-].[Na+]. The molecule has 1 aromatic heterocycles. The summed E-state index contributed by atoms with van der Waals surface area (Å²) in [6.07, 6.45) is -2.77. The predicted molar refractivity (Wildman–Crippen MR) is 155 cm³/mol. The third-order valence-corrected chi connectivity index (χ3v) is 6.92. The van der Waals surface area contributed by atoms with E-state index in [9.17, 15) is 29.3 Å². The predicted octanol–water partition coefficient (Wildman–Crippen LogP) is 1.98. The maximum absolute atomic E-state index is 14.0. The van der Waals surface area contributed by atoms with Crippen LogP contribution in [0.2, 0.25) is 0 Å². The number of aliphatic hydroxyl groups is 2. The summed E-state index contributed by atoms with van der Waals surface area (Å²) in [4.78, 5) is 24.9. The van der Waals surface area contributed by atoms with E-state index in [1.807, 2.05) is 66.9 Å². The Balaban J connectivity index is 0.00000484. The van der Waals surface area contributed by atoms with Gasteiger partial charge in [-0.2, -0.15) is 0 Å². The van der Waals surface area contributed by atoms with E-state index >= 15 is 0 Å². The minimum atomic E-state index is -1.39. The number of carbonyl (C=O) groups excluding carboxylic acids is 2. The molecule has 7 nitrogen and oxygen atoms in total. The molecule has 0 unspecified atom stereocenters. The van der Waals surface area contributed by atoms with Gasteiger partial charge in [0.2, 0.25) is 0 Å². The normalized spacial score (nSPS) is 12.4. The summed E-state index contributed by atoms with van der Waals surface area (Å²) >= 11 is 0. The van der Waals surface area contributed by atoms with Gasteiger partial charge in [-0.25, -0.2) is 4.39 Å². The number of aromatic nitrogens is 1. The number of carboxylic acid groups (broad SMARTS) is 1. The van der Waals surface area contributed by atoms with E-state index in [1.165, 1.54) is 12.1 Å². The number of amides is 1. The first-order valence-corrected chi connectivity index (χ1v) is 13.7. The number of para-hydroxylation sites is 1. The summed E-state index contributed by atoms with van der Waals surface area (Å²) < 4.78 is 16.0. The molecule has 4 rings (SSSR count). The molecule has 214 valence electrons. The fraction of sp³-hybridized carbons (Fsp3) is 0.273. The first-order chi connectivity index (χ1) is 19.7. The maximum Gasteiger partial charge on any atom is 1.00 e. The number of aliphatic hydroxyl groups excluding tert-OH is 2. The van der Waals surface area contributed by atoms with Crippen LogP contribution < -0.4 is 40.0 Å². The number of nitrogens with zero attached hydrogens (tertiary/aromatic N) is 1. The molecule has 0 bridgehead atoms. The Morgan fingerprint density at radius 1 is 0.929 bits per heavy atom. The van der Waals surface area contributed by atoms with Crippen LogP contribution in [0.15, 0.2) is 84.9 Å². The molecule has 3 aromatic carbocycles. The monoisotopic (exact) mass is 582 g/mol. The van der Waals surface area contributed by atoms with E-state index in [2.05, 4.69) is 5.32 Å². The average molecular weight is 583 g/mol. The van der Waals surface area contributed by atoms with Gasteiger partial charge >= 0.3 is 29.6 Å². The number of benzene rings is 3. The van der Waals surface area contributed by atoms with Crippen LogP contribution in [0.5, 0.6) is 0 Å². The van der Waals surface area contributed by atoms with Crippen molar-refractivity contribution in [1.82, 2.24) is 4.57 Å². The van der Waals surface area contributed by atoms with E-state index in [-0.39, 0.29) is 60.8 Å². The number of hydrogen-bond donors (Lipinski definition) is 3. The van der Waals surface area contributed by atoms with Crippen LogP contribution in [-0.2, 0) is 11.3 Å². The first-order valence-electron chi connectivity index (χ1n) is 13.7. The standard InChI is InChI=1S/C33H35FN2O5.Na/c1-21(2)31-30(33(41)35-25-11-7-4-8-12-25)29(22-9-5-3-6-10-22)32(23-13-15-24(34)16-14-23)36(31)18-17-26(37)19-27(38)20-28(39)40;/h3-16,21,26-27,37-38H,17-20H2,1-2H3,(H,35,41)(H,39,40);/q;+1/p-1/t26-,27-;/m1./s1/i29+2;. The van der Waals surface area contributed by atoms with Crippen molar-refractivity contribution < 1.29 is 58.9 Å². The van der Waals surface area contributed by atoms with Crippen LogP contribution >= 0.6 is 0 Å². The molecule has 1 amide bonds. The van der Waals surface area contributed by atoms with Crippen LogP contribution in [0.3, 0.4) is 0 Å². The zero-order chi connectivity index (χ0) is 29.5. The molecule has 0 aliphatic rings. The minimum absolute atomic E-state index is 0. The van der Waals surface area contributed by atoms with Crippen molar-refractivity contribution in [2.45, 2.75) is 57.8 Å². The van der Waals surface area contributed by atoms with E-state index in [4.69, 9.17) is 0 Å². The number of halogens is 1. The van der Waals surface area contributed by atoms with Gasteiger partial charge in [0.05, 0.1) is 23.5 Å². The van der Waals surface area contributed by atoms with Crippen molar-refractivity contribution >= 4 is 17.6 Å². The van der Waals surface area contributed by atoms with Crippen LogP contribution in [0.25, 0.3) is 22.4 Å². The van der Waals surface area contributed by atoms with E-state index < -0.39 is 30.4 Å². The number of aliphatic carboxylic acids is 1. The second kappa shape index (κ2) is 15.3. The topological polar surface area (TPSA) is 115 Å². The summed E-state index contributed by atoms with van der Waals surface area (Å²) in [6, 6.07) is 24.7. The van der Waals surface area contributed by atoms with Gasteiger partial charge in [-0.1, -0.05) is 62.4 Å². The van der Waals surface area contributed by atoms with Crippen LogP contribution in [-0.4, -0.2) is 38.9 Å². The Kier molecular flexibility index (Phi) is 12.1. The Morgan fingerprint density at radius 3 is 2.10 bits per heavy atom. The van der Waals surface area contributed by atoms with Crippen molar-refractivity contribution in [2.24, 2.45) is 0 Å². The Hall–Kier alpha value is -3.27. The molecule has 0 saturated carbocycles. The first kappa shape index (κ1) is 33.2. The number of rotatable bonds is 12. The van der Waals surface area contributed by atoms with Crippen LogP contribution in [0, 0.1) is 5.82 Å². The Bertz CT molecular complexity index is 1470. The zero-order valence-corrected chi connectivity index (χ0v) is 26.1. The molecule has 0 fully saturated rings. The number of carbonyl (C=O) groups is 2. The Labute approximate surface area is 267 Å². The molecule has 0 saturated heterocycles. The molecule has 3 N–H and O–H groups in total.